The Morgan fingerprint density at radius 3 is 2.24 bits per heavy atom. The Labute approximate surface area is 125 Å². The molecule has 1 aromatic rings. The number of nitrogens with two attached hydrogens (primary N) is 1. The number of benzene rings is 1. The standard InChI is InChI=1S/C10H12O4.C6H13N/c1-14-9(10(12)13)6-7-2-4-8(11)5-3-7;7-6-4-2-1-3-5-6/h2-5,9,11H,6H2,1H3,(H,12,13);6H,1-5,7H2. The average Bonchev–Trinajstić information content (AvgIpc) is 2.48. The molecule has 0 aliphatic heterocycles. The Morgan fingerprint density at radius 1 is 1.29 bits per heavy atom. The first-order valence-electron chi connectivity index (χ1n) is 7.32. The number of hydrogen-bond donors (Lipinski definition) is 3. The van der Waals surface area contributed by atoms with Gasteiger partial charge < -0.3 is 20.7 Å². The molecule has 0 radical (unpaired) electrons. The highest BCUT2D eigenvalue weighted by Crippen LogP contribution is 2.14. The second-order valence-corrected chi connectivity index (χ2v) is 5.33. The Kier molecular flexibility index (Phi) is 7.79. The van der Waals surface area contributed by atoms with Crippen LogP contribution in [0.5, 0.6) is 5.75 Å². The topological polar surface area (TPSA) is 92.8 Å². The zero-order valence-electron chi connectivity index (χ0n) is 12.5. The van der Waals surface area contributed by atoms with Crippen LogP contribution >= 0.6 is 0 Å². The SMILES string of the molecule is COC(Cc1ccc(O)cc1)C(=O)O.NC1CCCCC1. The molecular weight excluding hydrogens is 270 g/mol. The van der Waals surface area contributed by atoms with Crippen LogP contribution in [-0.2, 0) is 16.0 Å². The maximum atomic E-state index is 10.6. The van der Waals surface area contributed by atoms with Crippen molar-refractivity contribution in [1.29, 1.82) is 0 Å². The number of hydrogen-bond acceptors (Lipinski definition) is 4. The predicted molar refractivity (Wildman–Crippen MR) is 81.3 cm³/mol. The van der Waals surface area contributed by atoms with E-state index in [-0.39, 0.29) is 5.75 Å². The summed E-state index contributed by atoms with van der Waals surface area (Å²) in [6, 6.07) is 6.91. The third-order valence-corrected chi connectivity index (χ3v) is 3.57. The smallest absolute Gasteiger partial charge is 0.333 e. The molecule has 5 nitrogen and oxygen atoms in total. The van der Waals surface area contributed by atoms with Crippen LogP contribution in [-0.4, -0.2) is 35.4 Å². The zero-order chi connectivity index (χ0) is 15.7. The lowest BCUT2D eigenvalue weighted by Crippen LogP contribution is -2.24. The van der Waals surface area contributed by atoms with Gasteiger partial charge in [0.05, 0.1) is 0 Å². The van der Waals surface area contributed by atoms with Crippen molar-refractivity contribution in [2.24, 2.45) is 5.73 Å². The quantitative estimate of drug-likeness (QED) is 0.792. The number of aromatic hydroxyl groups is 1. The van der Waals surface area contributed by atoms with Gasteiger partial charge in [0.2, 0.25) is 0 Å². The fraction of sp³-hybridized carbons (Fsp3) is 0.562. The van der Waals surface area contributed by atoms with Crippen LogP contribution < -0.4 is 5.73 Å². The summed E-state index contributed by atoms with van der Waals surface area (Å²) in [7, 11) is 1.36. The van der Waals surface area contributed by atoms with Crippen LogP contribution in [0.1, 0.15) is 37.7 Å². The number of carbonyl (C=O) groups is 1. The largest absolute Gasteiger partial charge is 0.508 e. The molecule has 1 aliphatic rings. The summed E-state index contributed by atoms with van der Waals surface area (Å²) < 4.78 is 4.78. The second-order valence-electron chi connectivity index (χ2n) is 5.33. The van der Waals surface area contributed by atoms with Gasteiger partial charge >= 0.3 is 5.97 Å². The van der Waals surface area contributed by atoms with Gasteiger partial charge in [0.25, 0.3) is 0 Å². The third-order valence-electron chi connectivity index (χ3n) is 3.57. The highest BCUT2D eigenvalue weighted by atomic mass is 16.5. The van der Waals surface area contributed by atoms with E-state index in [9.17, 15) is 4.79 Å². The molecule has 2 rings (SSSR count). The number of carboxylic acids is 1. The third kappa shape index (κ3) is 7.11. The van der Waals surface area contributed by atoms with Crippen molar-refractivity contribution in [3.05, 3.63) is 29.8 Å². The van der Waals surface area contributed by atoms with Crippen LogP contribution in [0, 0.1) is 0 Å². The average molecular weight is 295 g/mol. The van der Waals surface area contributed by atoms with E-state index in [1.165, 1.54) is 51.3 Å². The van der Waals surface area contributed by atoms with Crippen LogP contribution in [0.4, 0.5) is 0 Å². The normalized spacial score (nSPS) is 16.7. The molecule has 0 saturated heterocycles. The molecule has 0 heterocycles. The van der Waals surface area contributed by atoms with Crippen LogP contribution in [0.25, 0.3) is 0 Å². The summed E-state index contributed by atoms with van der Waals surface area (Å²) in [6.45, 7) is 0. The highest BCUT2D eigenvalue weighted by Gasteiger charge is 2.16. The van der Waals surface area contributed by atoms with Gasteiger partial charge in [-0.15, -0.1) is 0 Å². The van der Waals surface area contributed by atoms with E-state index in [0.717, 1.165) is 5.56 Å². The molecule has 1 fully saturated rings. The molecule has 1 aliphatic carbocycles. The van der Waals surface area contributed by atoms with Crippen molar-refractivity contribution in [2.75, 3.05) is 7.11 Å². The summed E-state index contributed by atoms with van der Waals surface area (Å²) in [5, 5.41) is 17.7. The van der Waals surface area contributed by atoms with E-state index in [1.54, 1.807) is 12.1 Å². The van der Waals surface area contributed by atoms with Gasteiger partial charge in [-0.2, -0.15) is 0 Å². The van der Waals surface area contributed by atoms with Crippen molar-refractivity contribution in [3.63, 3.8) is 0 Å². The molecule has 0 spiro atoms. The first-order chi connectivity index (χ1) is 10.0. The minimum atomic E-state index is -0.986. The molecular formula is C16H25NO4. The second kappa shape index (κ2) is 9.37. The highest BCUT2D eigenvalue weighted by molar-refractivity contribution is 5.72. The summed E-state index contributed by atoms with van der Waals surface area (Å²) in [4.78, 5) is 10.6. The molecule has 5 heteroatoms. The van der Waals surface area contributed by atoms with Gasteiger partial charge in [-0.1, -0.05) is 31.4 Å². The lowest BCUT2D eigenvalue weighted by molar-refractivity contribution is -0.148. The van der Waals surface area contributed by atoms with Crippen LogP contribution in [0.15, 0.2) is 24.3 Å². The van der Waals surface area contributed by atoms with E-state index in [4.69, 9.17) is 20.7 Å². The van der Waals surface area contributed by atoms with E-state index in [1.807, 2.05) is 0 Å². The number of ether oxygens (including phenoxy) is 1. The minimum Gasteiger partial charge on any atom is -0.508 e. The monoisotopic (exact) mass is 295 g/mol. The van der Waals surface area contributed by atoms with Gasteiger partial charge in [-0.05, 0) is 30.5 Å². The predicted octanol–water partition coefficient (Wildman–Crippen LogP) is 2.31. The first-order valence-corrected chi connectivity index (χ1v) is 7.32. The molecule has 1 saturated carbocycles. The molecule has 118 valence electrons. The van der Waals surface area contributed by atoms with E-state index < -0.39 is 12.1 Å². The number of phenols is 1. The van der Waals surface area contributed by atoms with Crippen LogP contribution in [0.3, 0.4) is 0 Å². The molecule has 0 aromatic heterocycles. The number of aliphatic carboxylic acids is 1. The fourth-order valence-corrected chi connectivity index (χ4v) is 2.25. The van der Waals surface area contributed by atoms with Gasteiger partial charge in [0.1, 0.15) is 5.75 Å². The van der Waals surface area contributed by atoms with Crippen molar-refractivity contribution in [1.82, 2.24) is 0 Å². The maximum absolute atomic E-state index is 10.6. The number of phenolic OH excluding ortho intramolecular Hbond substituents is 1. The Hall–Kier alpha value is -1.59. The lowest BCUT2D eigenvalue weighted by atomic mass is 9.97. The number of rotatable bonds is 4. The molecule has 21 heavy (non-hydrogen) atoms. The Morgan fingerprint density at radius 2 is 1.86 bits per heavy atom. The summed E-state index contributed by atoms with van der Waals surface area (Å²) in [5.41, 5.74) is 6.45. The summed E-state index contributed by atoms with van der Waals surface area (Å²) >= 11 is 0. The Balaban J connectivity index is 0.000000262. The van der Waals surface area contributed by atoms with Crippen LogP contribution in [0.2, 0.25) is 0 Å². The molecule has 1 atom stereocenters. The first kappa shape index (κ1) is 17.5. The molecule has 0 bridgehead atoms. The van der Waals surface area contributed by atoms with E-state index >= 15 is 0 Å². The fourth-order valence-electron chi connectivity index (χ4n) is 2.25. The molecule has 1 unspecified atom stereocenters. The van der Waals surface area contributed by atoms with E-state index in [0.29, 0.717) is 12.5 Å². The van der Waals surface area contributed by atoms with E-state index in [2.05, 4.69) is 0 Å². The van der Waals surface area contributed by atoms with Crippen molar-refractivity contribution >= 4 is 5.97 Å². The van der Waals surface area contributed by atoms with Crippen molar-refractivity contribution < 1.29 is 19.7 Å². The molecule has 1 aromatic carbocycles. The van der Waals surface area contributed by atoms with Gasteiger partial charge in [-0.25, -0.2) is 4.79 Å². The van der Waals surface area contributed by atoms with Gasteiger partial charge in [0, 0.05) is 19.6 Å². The summed E-state index contributed by atoms with van der Waals surface area (Å²) in [5.74, 6) is -0.821. The zero-order valence-corrected chi connectivity index (χ0v) is 12.5. The van der Waals surface area contributed by atoms with Gasteiger partial charge in [-0.3, -0.25) is 0 Å². The van der Waals surface area contributed by atoms with Crippen molar-refractivity contribution in [2.45, 2.75) is 50.7 Å². The summed E-state index contributed by atoms with van der Waals surface area (Å²) in [6.07, 6.45) is 6.13. The molecule has 0 amide bonds. The molecule has 4 N–H and O–H groups in total. The van der Waals surface area contributed by atoms with Gasteiger partial charge in [0.15, 0.2) is 6.10 Å². The maximum Gasteiger partial charge on any atom is 0.333 e. The van der Waals surface area contributed by atoms with Crippen molar-refractivity contribution in [3.8, 4) is 5.75 Å². The Bertz CT molecular complexity index is 413. The lowest BCUT2D eigenvalue weighted by Gasteiger charge is -2.15. The number of methoxy groups -OCH3 is 1. The minimum absolute atomic E-state index is 0.165. The number of carboxylic acid groups (broad SMARTS) is 1.